The van der Waals surface area contributed by atoms with Crippen LogP contribution in [0.25, 0.3) is 0 Å². The van der Waals surface area contributed by atoms with Gasteiger partial charge in [-0.25, -0.2) is 0 Å². The number of Topliss-reactive ketones (excluding diaryl/α,β-unsaturated/α-hetero) is 1. The van der Waals surface area contributed by atoms with Crippen LogP contribution in [0.2, 0.25) is 0 Å². The van der Waals surface area contributed by atoms with Gasteiger partial charge in [-0.3, -0.25) is 14.4 Å². The number of carbonyl (C=O) groups is 3. The number of methoxy groups -OCH3 is 1. The maximum atomic E-state index is 12.6. The second kappa shape index (κ2) is 12.7. The number of hydrogen-bond acceptors (Lipinski definition) is 6. The molecule has 6 heteroatoms. The SMILES string of the molecule is COC1CCC(C(=O)OC2CCC(C3CCC(OC(=O)C4CCC(C(C)=O)CC4)CC3)CC2)CC1. The van der Waals surface area contributed by atoms with E-state index in [1.54, 1.807) is 14.0 Å². The number of rotatable bonds is 7. The Balaban J connectivity index is 1.11. The Bertz CT molecular complexity index is 703. The summed E-state index contributed by atoms with van der Waals surface area (Å²) < 4.78 is 17.2. The molecule has 0 spiro atoms. The van der Waals surface area contributed by atoms with Crippen LogP contribution in [0.15, 0.2) is 0 Å². The van der Waals surface area contributed by atoms with Gasteiger partial charge in [0.05, 0.1) is 17.9 Å². The van der Waals surface area contributed by atoms with Gasteiger partial charge in [-0.1, -0.05) is 0 Å². The molecule has 4 saturated carbocycles. The minimum absolute atomic E-state index is 0.0140. The molecule has 4 aliphatic rings. The maximum absolute atomic E-state index is 12.6. The van der Waals surface area contributed by atoms with Gasteiger partial charge in [0.2, 0.25) is 0 Å². The topological polar surface area (TPSA) is 78.9 Å². The van der Waals surface area contributed by atoms with Crippen molar-refractivity contribution < 1.29 is 28.6 Å². The van der Waals surface area contributed by atoms with Crippen molar-refractivity contribution in [3.8, 4) is 0 Å². The highest BCUT2D eigenvalue weighted by molar-refractivity contribution is 5.79. The van der Waals surface area contributed by atoms with Gasteiger partial charge in [-0.15, -0.1) is 0 Å². The zero-order valence-corrected chi connectivity index (χ0v) is 21.9. The molecule has 0 aromatic rings. The van der Waals surface area contributed by atoms with Crippen molar-refractivity contribution >= 4 is 17.7 Å². The second-order valence-corrected chi connectivity index (χ2v) is 11.8. The largest absolute Gasteiger partial charge is 0.462 e. The van der Waals surface area contributed by atoms with Crippen LogP contribution in [0.3, 0.4) is 0 Å². The smallest absolute Gasteiger partial charge is 0.309 e. The molecule has 0 saturated heterocycles. The van der Waals surface area contributed by atoms with Crippen molar-refractivity contribution in [3.05, 3.63) is 0 Å². The lowest BCUT2D eigenvalue weighted by Gasteiger charge is -2.38. The highest BCUT2D eigenvalue weighted by Gasteiger charge is 2.36. The lowest BCUT2D eigenvalue weighted by atomic mass is 9.72. The van der Waals surface area contributed by atoms with Gasteiger partial charge in [0, 0.05) is 13.0 Å². The van der Waals surface area contributed by atoms with Gasteiger partial charge < -0.3 is 14.2 Å². The molecule has 0 N–H and O–H groups in total. The van der Waals surface area contributed by atoms with Crippen LogP contribution in [0.5, 0.6) is 0 Å². The van der Waals surface area contributed by atoms with Gasteiger partial charge in [0.15, 0.2) is 0 Å². The summed E-state index contributed by atoms with van der Waals surface area (Å²) in [4.78, 5) is 36.8. The van der Waals surface area contributed by atoms with Crippen molar-refractivity contribution in [3.63, 3.8) is 0 Å². The number of ether oxygens (including phenoxy) is 3. The quantitative estimate of drug-likeness (QED) is 0.420. The van der Waals surface area contributed by atoms with Crippen molar-refractivity contribution in [2.24, 2.45) is 29.6 Å². The molecular weight excluding hydrogens is 444 g/mol. The highest BCUT2D eigenvalue weighted by atomic mass is 16.5. The van der Waals surface area contributed by atoms with Crippen LogP contribution in [-0.4, -0.2) is 43.1 Å². The number of esters is 2. The first kappa shape index (κ1) is 26.6. The van der Waals surface area contributed by atoms with Crippen LogP contribution in [0.1, 0.15) is 110 Å². The van der Waals surface area contributed by atoms with Crippen LogP contribution >= 0.6 is 0 Å². The molecule has 0 bridgehead atoms. The molecule has 0 aromatic carbocycles. The van der Waals surface area contributed by atoms with E-state index in [0.29, 0.717) is 17.9 Å². The normalized spacial score (nSPS) is 38.3. The predicted octanol–water partition coefficient (Wildman–Crippen LogP) is 5.79. The summed E-state index contributed by atoms with van der Waals surface area (Å²) in [6, 6.07) is 0. The Morgan fingerprint density at radius 3 is 1.20 bits per heavy atom. The summed E-state index contributed by atoms with van der Waals surface area (Å²) in [6.45, 7) is 1.66. The first-order valence-corrected chi connectivity index (χ1v) is 14.4. The zero-order chi connectivity index (χ0) is 24.8. The number of ketones is 1. The average Bonchev–Trinajstić information content (AvgIpc) is 2.89. The van der Waals surface area contributed by atoms with E-state index in [2.05, 4.69) is 0 Å². The van der Waals surface area contributed by atoms with E-state index in [-0.39, 0.29) is 47.7 Å². The molecule has 4 rings (SSSR count). The molecule has 0 amide bonds. The minimum Gasteiger partial charge on any atom is -0.462 e. The zero-order valence-electron chi connectivity index (χ0n) is 21.9. The van der Waals surface area contributed by atoms with Crippen LogP contribution < -0.4 is 0 Å². The molecule has 0 heterocycles. The summed E-state index contributed by atoms with van der Waals surface area (Å²) in [6.07, 6.45) is 15.9. The molecule has 6 nitrogen and oxygen atoms in total. The molecule has 4 aliphatic carbocycles. The van der Waals surface area contributed by atoms with E-state index in [9.17, 15) is 14.4 Å². The number of carbonyl (C=O) groups excluding carboxylic acids is 3. The summed E-state index contributed by atoms with van der Waals surface area (Å²) in [5, 5.41) is 0. The average molecular weight is 491 g/mol. The Labute approximate surface area is 211 Å². The molecule has 198 valence electrons. The second-order valence-electron chi connectivity index (χ2n) is 11.8. The molecule has 0 atom stereocenters. The summed E-state index contributed by atoms with van der Waals surface area (Å²) in [5.74, 6) is 1.83. The summed E-state index contributed by atoms with van der Waals surface area (Å²) in [5.41, 5.74) is 0. The van der Waals surface area contributed by atoms with E-state index >= 15 is 0 Å². The first-order valence-electron chi connectivity index (χ1n) is 14.4. The Hall–Kier alpha value is -1.43. The van der Waals surface area contributed by atoms with Crippen molar-refractivity contribution in [1.82, 2.24) is 0 Å². The van der Waals surface area contributed by atoms with E-state index < -0.39 is 0 Å². The molecule has 0 aliphatic heterocycles. The van der Waals surface area contributed by atoms with Crippen LogP contribution in [0, 0.1) is 29.6 Å². The lowest BCUT2D eigenvalue weighted by Crippen LogP contribution is -2.34. The van der Waals surface area contributed by atoms with Gasteiger partial charge >= 0.3 is 11.9 Å². The maximum Gasteiger partial charge on any atom is 0.309 e. The van der Waals surface area contributed by atoms with Gasteiger partial charge in [-0.2, -0.15) is 0 Å². The highest BCUT2D eigenvalue weighted by Crippen LogP contribution is 2.40. The summed E-state index contributed by atoms with van der Waals surface area (Å²) in [7, 11) is 1.75. The van der Waals surface area contributed by atoms with Crippen molar-refractivity contribution in [1.29, 1.82) is 0 Å². The Morgan fingerprint density at radius 1 is 0.486 bits per heavy atom. The molecule has 0 unspecified atom stereocenters. The minimum atomic E-state index is -0.0338. The van der Waals surface area contributed by atoms with E-state index in [1.807, 2.05) is 0 Å². The van der Waals surface area contributed by atoms with E-state index in [4.69, 9.17) is 14.2 Å². The van der Waals surface area contributed by atoms with Crippen LogP contribution in [0.4, 0.5) is 0 Å². The molecular formula is C29H46O6. The predicted molar refractivity (Wildman–Crippen MR) is 133 cm³/mol. The Morgan fingerprint density at radius 2 is 0.829 bits per heavy atom. The first-order chi connectivity index (χ1) is 16.9. The van der Waals surface area contributed by atoms with Gasteiger partial charge in [-0.05, 0) is 121 Å². The fourth-order valence-corrected chi connectivity index (χ4v) is 7.15. The lowest BCUT2D eigenvalue weighted by molar-refractivity contribution is -0.160. The van der Waals surface area contributed by atoms with Gasteiger partial charge in [0.1, 0.15) is 18.0 Å². The molecule has 0 aromatic heterocycles. The van der Waals surface area contributed by atoms with Crippen LogP contribution in [-0.2, 0) is 28.6 Å². The fourth-order valence-electron chi connectivity index (χ4n) is 7.15. The third kappa shape index (κ3) is 7.30. The van der Waals surface area contributed by atoms with Crippen molar-refractivity contribution in [2.75, 3.05) is 7.11 Å². The molecule has 0 radical (unpaired) electrons. The summed E-state index contributed by atoms with van der Waals surface area (Å²) >= 11 is 0. The molecule has 35 heavy (non-hydrogen) atoms. The third-order valence-corrected chi connectivity index (χ3v) is 9.65. The van der Waals surface area contributed by atoms with E-state index in [1.165, 1.54) is 0 Å². The monoisotopic (exact) mass is 490 g/mol. The van der Waals surface area contributed by atoms with E-state index in [0.717, 1.165) is 103 Å². The standard InChI is InChI=1S/C29H46O6/c1-19(30)20-3-5-23(6-4-20)28(31)34-26-15-7-21(8-16-26)22-9-17-27(18-10-22)35-29(32)24-11-13-25(33-2)14-12-24/h20-27H,3-18H2,1-2H3. The van der Waals surface area contributed by atoms with Crippen molar-refractivity contribution in [2.45, 2.75) is 128 Å². The third-order valence-electron chi connectivity index (χ3n) is 9.65. The van der Waals surface area contributed by atoms with Gasteiger partial charge in [0.25, 0.3) is 0 Å². The fraction of sp³-hybridized carbons (Fsp3) is 0.897. The number of hydrogen-bond donors (Lipinski definition) is 0. The Kier molecular flexibility index (Phi) is 9.66. The molecule has 4 fully saturated rings.